The van der Waals surface area contributed by atoms with Crippen molar-refractivity contribution in [2.45, 2.75) is 9.79 Å². The van der Waals surface area contributed by atoms with Crippen LogP contribution >= 0.6 is 0 Å². The van der Waals surface area contributed by atoms with Gasteiger partial charge >= 0.3 is 10.4 Å². The highest BCUT2D eigenvalue weighted by molar-refractivity contribution is 7.91. The van der Waals surface area contributed by atoms with E-state index in [4.69, 9.17) is 4.55 Å². The van der Waals surface area contributed by atoms with Gasteiger partial charge in [-0.2, -0.15) is 16.8 Å². The molecular formula is C18H15N3O12S3. The van der Waals surface area contributed by atoms with Crippen molar-refractivity contribution < 1.29 is 48.6 Å². The summed E-state index contributed by atoms with van der Waals surface area (Å²) in [5.74, 6) is -1.21. The van der Waals surface area contributed by atoms with Gasteiger partial charge in [-0.3, -0.25) is 19.2 Å². The van der Waals surface area contributed by atoms with Crippen LogP contribution in [-0.4, -0.2) is 56.7 Å². The van der Waals surface area contributed by atoms with E-state index in [0.717, 1.165) is 24.3 Å². The first-order valence-corrected chi connectivity index (χ1v) is 13.8. The Morgan fingerprint density at radius 2 is 1.61 bits per heavy atom. The van der Waals surface area contributed by atoms with Crippen molar-refractivity contribution in [2.75, 3.05) is 12.4 Å². The maximum atomic E-state index is 12.5. The van der Waals surface area contributed by atoms with Crippen LogP contribution in [0.1, 0.15) is 0 Å². The average molecular weight is 562 g/mol. The predicted molar refractivity (Wildman–Crippen MR) is 122 cm³/mol. The van der Waals surface area contributed by atoms with Gasteiger partial charge in [0, 0.05) is 17.5 Å². The molecule has 3 aromatic rings. The summed E-state index contributed by atoms with van der Waals surface area (Å²) in [6.07, 6.45) is 0. The van der Waals surface area contributed by atoms with Crippen LogP contribution in [0.5, 0.6) is 5.75 Å². The smallest absolute Gasteiger partial charge is 0.397 e. The number of non-ortho nitro benzene ring substituents is 1. The fourth-order valence-electron chi connectivity index (χ4n) is 2.95. The Balaban J connectivity index is 2.03. The summed E-state index contributed by atoms with van der Waals surface area (Å²) < 4.78 is 91.4. The van der Waals surface area contributed by atoms with Crippen LogP contribution in [0.15, 0.2) is 68.6 Å². The predicted octanol–water partition coefficient (Wildman–Crippen LogP) is 2.71. The summed E-state index contributed by atoms with van der Waals surface area (Å²) in [6.45, 7) is -0.834. The van der Waals surface area contributed by atoms with E-state index in [1.54, 1.807) is 0 Å². The Labute approximate surface area is 203 Å². The number of azo groups is 1. The molecule has 3 rings (SSSR count). The summed E-state index contributed by atoms with van der Waals surface area (Å²) in [5, 5.41) is 29.0. The molecule has 18 heteroatoms. The standard InChI is InChI=1S/C18H15N3O12S3/c22-16-6-1-11-9-13(34(25,26)8-7-33-36(30,31)32)3-4-14(11)18(16)20-19-15-5-2-12(21(23)24)10-17(15)35(27,28)29/h1-6,9-10,22H,7-8H2,(H,27,28,29)(H,30,31,32). The largest absolute Gasteiger partial charge is 0.506 e. The van der Waals surface area contributed by atoms with Crippen molar-refractivity contribution >= 4 is 58.2 Å². The van der Waals surface area contributed by atoms with Crippen LogP contribution in [0.3, 0.4) is 0 Å². The molecule has 0 radical (unpaired) electrons. The minimum absolute atomic E-state index is 0.169. The van der Waals surface area contributed by atoms with E-state index < -0.39 is 69.7 Å². The second-order valence-electron chi connectivity index (χ2n) is 6.97. The van der Waals surface area contributed by atoms with Gasteiger partial charge in [0.25, 0.3) is 15.8 Å². The van der Waals surface area contributed by atoms with Crippen molar-refractivity contribution in [1.82, 2.24) is 0 Å². The maximum absolute atomic E-state index is 12.5. The van der Waals surface area contributed by atoms with E-state index in [1.165, 1.54) is 18.2 Å². The summed E-state index contributed by atoms with van der Waals surface area (Å²) in [4.78, 5) is 8.89. The molecule has 3 aromatic carbocycles. The zero-order chi connectivity index (χ0) is 26.9. The molecule has 0 aromatic heterocycles. The molecule has 0 aliphatic heterocycles. The molecule has 15 nitrogen and oxygen atoms in total. The summed E-state index contributed by atoms with van der Waals surface area (Å²) in [6, 6.07) is 8.47. The number of phenols is 1. The first kappa shape index (κ1) is 27.0. The van der Waals surface area contributed by atoms with E-state index in [1.807, 2.05) is 0 Å². The minimum atomic E-state index is -4.94. The Morgan fingerprint density at radius 1 is 0.917 bits per heavy atom. The Kier molecular flexibility index (Phi) is 7.39. The molecule has 0 amide bonds. The van der Waals surface area contributed by atoms with Crippen molar-refractivity contribution in [3.63, 3.8) is 0 Å². The number of nitro benzene ring substituents is 1. The minimum Gasteiger partial charge on any atom is -0.506 e. The number of rotatable bonds is 9. The molecule has 0 aliphatic carbocycles. The molecule has 0 saturated carbocycles. The molecule has 0 aliphatic rings. The van der Waals surface area contributed by atoms with Crippen LogP contribution in [0.25, 0.3) is 10.8 Å². The summed E-state index contributed by atoms with van der Waals surface area (Å²) in [5.41, 5.74) is -1.33. The normalized spacial score (nSPS) is 12.8. The highest BCUT2D eigenvalue weighted by Crippen LogP contribution is 2.38. The van der Waals surface area contributed by atoms with E-state index in [9.17, 15) is 45.0 Å². The van der Waals surface area contributed by atoms with Crippen LogP contribution in [0, 0.1) is 10.1 Å². The van der Waals surface area contributed by atoms with Gasteiger partial charge in [0.15, 0.2) is 9.84 Å². The quantitative estimate of drug-likeness (QED) is 0.148. The van der Waals surface area contributed by atoms with Gasteiger partial charge in [-0.05, 0) is 29.7 Å². The van der Waals surface area contributed by atoms with Crippen LogP contribution in [-0.2, 0) is 34.5 Å². The van der Waals surface area contributed by atoms with Crippen molar-refractivity contribution in [3.05, 3.63) is 58.6 Å². The Bertz CT molecular complexity index is 1720. The zero-order valence-corrected chi connectivity index (χ0v) is 20.1. The molecule has 0 bridgehead atoms. The van der Waals surface area contributed by atoms with Crippen molar-refractivity contribution in [3.8, 4) is 5.75 Å². The van der Waals surface area contributed by atoms with Crippen molar-refractivity contribution in [2.24, 2.45) is 10.2 Å². The topological polar surface area (TPSA) is 240 Å². The molecule has 3 N–H and O–H groups in total. The number of hydrogen-bond donors (Lipinski definition) is 3. The third-order valence-electron chi connectivity index (χ3n) is 4.57. The third-order valence-corrected chi connectivity index (χ3v) is 7.60. The first-order chi connectivity index (χ1) is 16.6. The maximum Gasteiger partial charge on any atom is 0.397 e. The fraction of sp³-hybridized carbons (Fsp3) is 0.111. The first-order valence-electron chi connectivity index (χ1n) is 9.36. The number of hydrogen-bond acceptors (Lipinski definition) is 12. The SMILES string of the molecule is O=[N+]([O-])c1ccc(N=Nc2c(O)ccc3cc(S(=O)(=O)CCOS(=O)(=O)O)ccc23)c(S(=O)(=O)O)c1. The Hall–Kier alpha value is -3.55. The van der Waals surface area contributed by atoms with E-state index in [0.29, 0.717) is 6.07 Å². The summed E-state index contributed by atoms with van der Waals surface area (Å²) in [7, 11) is -13.8. The monoisotopic (exact) mass is 561 g/mol. The van der Waals surface area contributed by atoms with E-state index in [2.05, 4.69) is 14.4 Å². The molecule has 0 unspecified atom stereocenters. The number of aromatic hydroxyl groups is 1. The molecule has 0 fully saturated rings. The second kappa shape index (κ2) is 9.84. The van der Waals surface area contributed by atoms with Gasteiger partial charge in [-0.25, -0.2) is 12.6 Å². The van der Waals surface area contributed by atoms with Gasteiger partial charge in [-0.15, -0.1) is 10.2 Å². The number of benzene rings is 3. The van der Waals surface area contributed by atoms with Gasteiger partial charge in [-0.1, -0.05) is 12.1 Å². The van der Waals surface area contributed by atoms with Gasteiger partial charge in [0.05, 0.1) is 22.2 Å². The Morgan fingerprint density at radius 3 is 2.22 bits per heavy atom. The van der Waals surface area contributed by atoms with Crippen molar-refractivity contribution in [1.29, 1.82) is 0 Å². The highest BCUT2D eigenvalue weighted by Gasteiger charge is 2.21. The molecule has 0 atom stereocenters. The van der Waals surface area contributed by atoms with Gasteiger partial charge in [0.2, 0.25) is 0 Å². The van der Waals surface area contributed by atoms with Crippen LogP contribution in [0.2, 0.25) is 0 Å². The summed E-state index contributed by atoms with van der Waals surface area (Å²) >= 11 is 0. The molecule has 0 heterocycles. The molecule has 0 saturated heterocycles. The third kappa shape index (κ3) is 6.36. The lowest BCUT2D eigenvalue weighted by Gasteiger charge is -2.08. The van der Waals surface area contributed by atoms with Gasteiger partial charge < -0.3 is 5.11 Å². The molecule has 0 spiro atoms. The zero-order valence-electron chi connectivity index (χ0n) is 17.6. The van der Waals surface area contributed by atoms with E-state index in [-0.39, 0.29) is 21.4 Å². The highest BCUT2D eigenvalue weighted by atomic mass is 32.3. The molecule has 192 valence electrons. The fourth-order valence-corrected chi connectivity index (χ4v) is 5.12. The number of fused-ring (bicyclic) bond motifs is 1. The average Bonchev–Trinajstić information content (AvgIpc) is 2.76. The van der Waals surface area contributed by atoms with Crippen LogP contribution < -0.4 is 0 Å². The number of nitro groups is 1. The van der Waals surface area contributed by atoms with Crippen LogP contribution in [0.4, 0.5) is 17.1 Å². The number of sulfone groups is 1. The molecular weight excluding hydrogens is 546 g/mol. The van der Waals surface area contributed by atoms with Gasteiger partial charge in [0.1, 0.15) is 22.0 Å². The number of nitrogens with zero attached hydrogens (tertiary/aromatic N) is 3. The number of phenolic OH excluding ortho intramolecular Hbond substituents is 1. The second-order valence-corrected chi connectivity index (χ2v) is 11.6. The lowest BCUT2D eigenvalue weighted by Crippen LogP contribution is -2.15. The lowest BCUT2D eigenvalue weighted by molar-refractivity contribution is -0.385. The molecule has 36 heavy (non-hydrogen) atoms. The van der Waals surface area contributed by atoms with E-state index >= 15 is 0 Å². The lowest BCUT2D eigenvalue weighted by atomic mass is 10.1.